The van der Waals surface area contributed by atoms with Gasteiger partial charge in [0.05, 0.1) is 6.61 Å². The Hall–Kier alpha value is 0.437. The van der Waals surface area contributed by atoms with Gasteiger partial charge in [0, 0.05) is 0 Å². The molecule has 1 unspecified atom stereocenters. The monoisotopic (exact) mass is 556 g/mol. The van der Waals surface area contributed by atoms with Crippen LogP contribution in [0.25, 0.3) is 0 Å². The van der Waals surface area contributed by atoms with Gasteiger partial charge in [0.25, 0.3) is 10.1 Å². The van der Waals surface area contributed by atoms with Gasteiger partial charge in [-0.2, -0.15) is 8.42 Å². The van der Waals surface area contributed by atoms with Gasteiger partial charge >= 0.3 is 18.9 Å². The normalized spacial score (nSPS) is 12.5. The van der Waals surface area contributed by atoms with Gasteiger partial charge in [0.15, 0.2) is 0 Å². The first kappa shape index (κ1) is 40.6. The molecule has 0 aromatic carbocycles. The van der Waals surface area contributed by atoms with E-state index in [1.54, 1.807) is 0 Å². The molecule has 0 spiro atoms. The van der Waals surface area contributed by atoms with E-state index in [1.807, 2.05) is 0 Å². The SMILES string of the molecule is CCCCCCCCCCCCCCCCCCCCOS(=O)(=O)C(F)CCCCCCCCCCC.[LiH]. The zero-order chi connectivity index (χ0) is 27.3. The number of halogens is 1. The van der Waals surface area contributed by atoms with Crippen LogP contribution in [0.5, 0.6) is 0 Å². The summed E-state index contributed by atoms with van der Waals surface area (Å²) in [4.78, 5) is 0. The van der Waals surface area contributed by atoms with Gasteiger partial charge in [-0.1, -0.05) is 174 Å². The molecule has 0 aliphatic rings. The summed E-state index contributed by atoms with van der Waals surface area (Å²) in [5.74, 6) is 0. The van der Waals surface area contributed by atoms with E-state index in [1.165, 1.54) is 135 Å². The third-order valence-corrected chi connectivity index (χ3v) is 8.95. The molecule has 0 aromatic heterocycles. The van der Waals surface area contributed by atoms with Crippen LogP contribution in [0.1, 0.15) is 194 Å². The molecule has 0 radical (unpaired) electrons. The minimum absolute atomic E-state index is 0. The summed E-state index contributed by atoms with van der Waals surface area (Å²) in [6.07, 6.45) is 33.5. The van der Waals surface area contributed by atoms with Crippen LogP contribution in [0, 0.1) is 0 Å². The Balaban J connectivity index is 0. The van der Waals surface area contributed by atoms with Crippen molar-refractivity contribution in [1.82, 2.24) is 0 Å². The van der Waals surface area contributed by atoms with Crippen LogP contribution in [0.4, 0.5) is 4.39 Å². The summed E-state index contributed by atoms with van der Waals surface area (Å²) in [6, 6.07) is 0. The van der Waals surface area contributed by atoms with Crippen LogP contribution >= 0.6 is 0 Å². The molecule has 0 rings (SSSR count). The van der Waals surface area contributed by atoms with Crippen LogP contribution in [0.3, 0.4) is 0 Å². The van der Waals surface area contributed by atoms with E-state index < -0.39 is 15.6 Å². The van der Waals surface area contributed by atoms with Crippen molar-refractivity contribution in [3.8, 4) is 0 Å². The molecule has 0 amide bonds. The average molecular weight is 557 g/mol. The molecule has 226 valence electrons. The Morgan fingerprint density at radius 3 is 1.05 bits per heavy atom. The predicted molar refractivity (Wildman–Crippen MR) is 168 cm³/mol. The first-order chi connectivity index (χ1) is 18.0. The van der Waals surface area contributed by atoms with Crippen molar-refractivity contribution in [2.45, 2.75) is 199 Å². The molecule has 0 saturated carbocycles. The second kappa shape index (κ2) is 32.0. The standard InChI is InChI=1S/C32H65FO3S.Li.H/c1-3-5-7-9-11-13-14-15-16-17-18-19-20-21-23-25-27-29-31-36-37(34,35)32(33)30-28-26-24-22-12-10-8-6-4-2;;/h32H,3-31H2,1-2H3;;. The fraction of sp³-hybridized carbons (Fsp3) is 1.00. The van der Waals surface area contributed by atoms with Crippen molar-refractivity contribution in [1.29, 1.82) is 0 Å². The van der Waals surface area contributed by atoms with Crippen molar-refractivity contribution < 1.29 is 17.0 Å². The molecule has 0 heterocycles. The van der Waals surface area contributed by atoms with Crippen molar-refractivity contribution in [3.63, 3.8) is 0 Å². The molecule has 38 heavy (non-hydrogen) atoms. The molecule has 1 atom stereocenters. The van der Waals surface area contributed by atoms with E-state index in [0.717, 1.165) is 25.7 Å². The van der Waals surface area contributed by atoms with E-state index in [2.05, 4.69) is 13.8 Å². The van der Waals surface area contributed by atoms with Gasteiger partial charge in [0.1, 0.15) is 0 Å². The van der Waals surface area contributed by atoms with E-state index >= 15 is 0 Å². The first-order valence-electron chi connectivity index (χ1n) is 16.6. The second-order valence-electron chi connectivity index (χ2n) is 11.4. The molecule has 3 nitrogen and oxygen atoms in total. The van der Waals surface area contributed by atoms with E-state index in [9.17, 15) is 12.8 Å². The van der Waals surface area contributed by atoms with Crippen LogP contribution in [0.2, 0.25) is 0 Å². The third-order valence-electron chi connectivity index (χ3n) is 7.59. The van der Waals surface area contributed by atoms with E-state index in [0.29, 0.717) is 12.8 Å². The second-order valence-corrected chi connectivity index (χ2v) is 13.1. The maximum atomic E-state index is 14.1. The topological polar surface area (TPSA) is 43.4 Å². The number of hydrogen-bond donors (Lipinski definition) is 0. The first-order valence-corrected chi connectivity index (χ1v) is 18.0. The van der Waals surface area contributed by atoms with Crippen LogP contribution in [0.15, 0.2) is 0 Å². The predicted octanol–water partition coefficient (Wildman–Crippen LogP) is 10.9. The Labute approximate surface area is 250 Å². The minimum atomic E-state index is -4.06. The number of alkyl halides is 1. The zero-order valence-corrected chi connectivity index (χ0v) is 25.9. The summed E-state index contributed by atoms with van der Waals surface area (Å²) in [7, 11) is -4.06. The average Bonchev–Trinajstić information content (AvgIpc) is 2.88. The van der Waals surface area contributed by atoms with Gasteiger partial charge in [-0.15, -0.1) is 0 Å². The van der Waals surface area contributed by atoms with E-state index in [4.69, 9.17) is 4.18 Å². The molecule has 0 aliphatic carbocycles. The van der Waals surface area contributed by atoms with Crippen molar-refractivity contribution in [2.24, 2.45) is 0 Å². The molecule has 0 aromatic rings. The molecule has 0 fully saturated rings. The summed E-state index contributed by atoms with van der Waals surface area (Å²) < 4.78 is 43.0. The van der Waals surface area contributed by atoms with E-state index in [-0.39, 0.29) is 31.9 Å². The van der Waals surface area contributed by atoms with Gasteiger partial charge in [-0.05, 0) is 19.3 Å². The fourth-order valence-electron chi connectivity index (χ4n) is 5.01. The third kappa shape index (κ3) is 29.4. The Morgan fingerprint density at radius 2 is 0.737 bits per heavy atom. The Morgan fingerprint density at radius 1 is 0.474 bits per heavy atom. The summed E-state index contributed by atoms with van der Waals surface area (Å²) >= 11 is 0. The van der Waals surface area contributed by atoms with Crippen LogP contribution < -0.4 is 0 Å². The molecular weight excluding hydrogens is 490 g/mol. The molecule has 0 aliphatic heterocycles. The van der Waals surface area contributed by atoms with Crippen LogP contribution in [-0.4, -0.2) is 39.4 Å². The van der Waals surface area contributed by atoms with Crippen molar-refractivity contribution in [3.05, 3.63) is 0 Å². The van der Waals surface area contributed by atoms with Gasteiger partial charge in [-0.3, -0.25) is 4.18 Å². The number of hydrogen-bond acceptors (Lipinski definition) is 3. The molecule has 0 N–H and O–H groups in total. The van der Waals surface area contributed by atoms with Crippen molar-refractivity contribution in [2.75, 3.05) is 6.61 Å². The molecular formula is C32H66FLiO3S. The fourth-order valence-corrected chi connectivity index (χ4v) is 5.97. The van der Waals surface area contributed by atoms with Crippen LogP contribution in [-0.2, 0) is 14.3 Å². The zero-order valence-electron chi connectivity index (χ0n) is 25.1. The van der Waals surface area contributed by atoms with Gasteiger partial charge in [-0.25, -0.2) is 4.39 Å². The van der Waals surface area contributed by atoms with Crippen molar-refractivity contribution >= 4 is 29.0 Å². The quantitative estimate of drug-likeness (QED) is 0.0484. The number of rotatable bonds is 31. The summed E-state index contributed by atoms with van der Waals surface area (Å²) in [5.41, 5.74) is -1.87. The summed E-state index contributed by atoms with van der Waals surface area (Å²) in [5, 5.41) is 0. The Bertz CT molecular complexity index is 545. The molecule has 6 heteroatoms. The molecule has 0 bridgehead atoms. The summed E-state index contributed by atoms with van der Waals surface area (Å²) in [6.45, 7) is 4.61. The van der Waals surface area contributed by atoms with Gasteiger partial charge < -0.3 is 0 Å². The maximum absolute atomic E-state index is 14.1. The van der Waals surface area contributed by atoms with Gasteiger partial charge in [0.2, 0.25) is 5.50 Å². The number of unbranched alkanes of at least 4 members (excludes halogenated alkanes) is 25. The molecule has 0 saturated heterocycles. The Kier molecular flexibility index (Phi) is 34.1.